The summed E-state index contributed by atoms with van der Waals surface area (Å²) in [6.45, 7) is 3.94. The summed E-state index contributed by atoms with van der Waals surface area (Å²) < 4.78 is 5.44. The first-order valence-corrected chi connectivity index (χ1v) is 7.62. The molecule has 3 rings (SSSR count). The fourth-order valence-electron chi connectivity index (χ4n) is 2.74. The molecule has 2 aliphatic rings. The van der Waals surface area contributed by atoms with E-state index in [9.17, 15) is 14.4 Å². The molecule has 23 heavy (non-hydrogen) atoms. The monoisotopic (exact) mass is 317 g/mol. The molecule has 2 saturated heterocycles. The van der Waals surface area contributed by atoms with Crippen molar-refractivity contribution in [3.63, 3.8) is 0 Å². The zero-order valence-electron chi connectivity index (χ0n) is 12.9. The zero-order chi connectivity index (χ0) is 16.4. The second-order valence-electron chi connectivity index (χ2n) is 5.77. The van der Waals surface area contributed by atoms with Gasteiger partial charge in [-0.1, -0.05) is 12.1 Å². The molecular formula is C16H19N3O4. The largest absolute Gasteiger partial charge is 0.375 e. The van der Waals surface area contributed by atoms with Gasteiger partial charge < -0.3 is 15.0 Å². The molecule has 0 radical (unpaired) electrons. The van der Waals surface area contributed by atoms with Gasteiger partial charge in [0.15, 0.2) is 0 Å². The molecule has 1 aromatic rings. The SMILES string of the molecule is C[C@H]1CN(C(=O)c2ccc(CN3C(=O)CNC3=O)cc2)CCO1. The number of urea groups is 1. The summed E-state index contributed by atoms with van der Waals surface area (Å²) >= 11 is 0. The number of carbonyl (C=O) groups is 3. The lowest BCUT2D eigenvalue weighted by atomic mass is 10.1. The fraction of sp³-hybridized carbons (Fsp3) is 0.438. The third-order valence-corrected chi connectivity index (χ3v) is 4.01. The molecule has 0 saturated carbocycles. The van der Waals surface area contributed by atoms with Crippen LogP contribution < -0.4 is 5.32 Å². The van der Waals surface area contributed by atoms with Crippen molar-refractivity contribution in [1.82, 2.24) is 15.1 Å². The summed E-state index contributed by atoms with van der Waals surface area (Å²) in [6.07, 6.45) is 0.0478. The number of amides is 4. The first-order valence-electron chi connectivity index (χ1n) is 7.62. The quantitative estimate of drug-likeness (QED) is 0.828. The number of ether oxygens (including phenoxy) is 1. The molecule has 122 valence electrons. The van der Waals surface area contributed by atoms with Crippen LogP contribution >= 0.6 is 0 Å². The summed E-state index contributed by atoms with van der Waals surface area (Å²) in [5, 5.41) is 2.48. The summed E-state index contributed by atoms with van der Waals surface area (Å²) in [4.78, 5) is 38.5. The van der Waals surface area contributed by atoms with Crippen LogP contribution in [0.2, 0.25) is 0 Å². The van der Waals surface area contributed by atoms with E-state index in [1.165, 1.54) is 4.90 Å². The average Bonchev–Trinajstić information content (AvgIpc) is 2.87. The average molecular weight is 317 g/mol. The zero-order valence-corrected chi connectivity index (χ0v) is 12.9. The Hall–Kier alpha value is -2.41. The van der Waals surface area contributed by atoms with Gasteiger partial charge in [-0.15, -0.1) is 0 Å². The Morgan fingerprint density at radius 2 is 2.04 bits per heavy atom. The van der Waals surface area contributed by atoms with Gasteiger partial charge in [0.2, 0.25) is 5.91 Å². The van der Waals surface area contributed by atoms with Crippen molar-refractivity contribution < 1.29 is 19.1 Å². The number of rotatable bonds is 3. The van der Waals surface area contributed by atoms with Gasteiger partial charge in [-0.3, -0.25) is 14.5 Å². The van der Waals surface area contributed by atoms with Crippen molar-refractivity contribution in [3.05, 3.63) is 35.4 Å². The number of morpholine rings is 1. The van der Waals surface area contributed by atoms with E-state index < -0.39 is 0 Å². The van der Waals surface area contributed by atoms with Crippen LogP contribution in [0.25, 0.3) is 0 Å². The highest BCUT2D eigenvalue weighted by molar-refractivity contribution is 6.01. The van der Waals surface area contributed by atoms with Crippen LogP contribution in [0.1, 0.15) is 22.8 Å². The number of nitrogens with zero attached hydrogens (tertiary/aromatic N) is 2. The van der Waals surface area contributed by atoms with E-state index >= 15 is 0 Å². The molecule has 0 aliphatic carbocycles. The van der Waals surface area contributed by atoms with Gasteiger partial charge in [-0.2, -0.15) is 0 Å². The molecule has 0 spiro atoms. The second kappa shape index (κ2) is 6.37. The Balaban J connectivity index is 1.66. The van der Waals surface area contributed by atoms with Crippen LogP contribution in [-0.4, -0.2) is 60.0 Å². The van der Waals surface area contributed by atoms with E-state index in [2.05, 4.69) is 5.32 Å². The van der Waals surface area contributed by atoms with Crippen molar-refractivity contribution in [2.75, 3.05) is 26.2 Å². The highest BCUT2D eigenvalue weighted by Crippen LogP contribution is 2.14. The van der Waals surface area contributed by atoms with Crippen molar-refractivity contribution in [3.8, 4) is 0 Å². The summed E-state index contributed by atoms with van der Waals surface area (Å²) in [5.74, 6) is -0.265. The van der Waals surface area contributed by atoms with E-state index in [1.807, 2.05) is 6.92 Å². The van der Waals surface area contributed by atoms with Crippen LogP contribution in [0.4, 0.5) is 4.79 Å². The topological polar surface area (TPSA) is 79.0 Å². The minimum absolute atomic E-state index is 0.0262. The van der Waals surface area contributed by atoms with Gasteiger partial charge in [0.25, 0.3) is 5.91 Å². The Morgan fingerprint density at radius 1 is 1.30 bits per heavy atom. The number of imide groups is 1. The maximum absolute atomic E-state index is 12.4. The Labute approximate surface area is 134 Å². The van der Waals surface area contributed by atoms with E-state index in [4.69, 9.17) is 4.74 Å². The predicted octanol–water partition coefficient (Wildman–Crippen LogP) is 0.599. The van der Waals surface area contributed by atoms with E-state index in [0.29, 0.717) is 25.3 Å². The van der Waals surface area contributed by atoms with Crippen molar-refractivity contribution in [1.29, 1.82) is 0 Å². The Kier molecular flexibility index (Phi) is 4.29. The summed E-state index contributed by atoms with van der Waals surface area (Å²) in [5.41, 5.74) is 1.40. The maximum atomic E-state index is 12.4. The molecule has 2 aliphatic heterocycles. The molecule has 0 unspecified atom stereocenters. The molecule has 7 heteroatoms. The molecule has 2 heterocycles. The van der Waals surface area contributed by atoms with Crippen molar-refractivity contribution >= 4 is 17.8 Å². The summed E-state index contributed by atoms with van der Waals surface area (Å²) in [6, 6.07) is 6.64. The molecular weight excluding hydrogens is 298 g/mol. The Morgan fingerprint density at radius 3 is 2.65 bits per heavy atom. The standard InChI is InChI=1S/C16H19N3O4/c1-11-9-18(6-7-23-11)15(21)13-4-2-12(3-5-13)10-19-14(20)8-17-16(19)22/h2-5,11H,6-10H2,1H3,(H,17,22)/t11-/m0/s1. The lowest BCUT2D eigenvalue weighted by Gasteiger charge is -2.31. The van der Waals surface area contributed by atoms with E-state index in [-0.39, 0.29) is 37.0 Å². The van der Waals surface area contributed by atoms with Crippen LogP contribution in [0, 0.1) is 0 Å². The smallest absolute Gasteiger partial charge is 0.324 e. The fourth-order valence-corrected chi connectivity index (χ4v) is 2.74. The predicted molar refractivity (Wildman–Crippen MR) is 81.7 cm³/mol. The molecule has 7 nitrogen and oxygen atoms in total. The van der Waals surface area contributed by atoms with E-state index in [0.717, 1.165) is 5.56 Å². The molecule has 0 aromatic heterocycles. The van der Waals surface area contributed by atoms with Crippen molar-refractivity contribution in [2.24, 2.45) is 0 Å². The van der Waals surface area contributed by atoms with Gasteiger partial charge in [-0.05, 0) is 24.6 Å². The maximum Gasteiger partial charge on any atom is 0.324 e. The van der Waals surface area contributed by atoms with Crippen LogP contribution in [0.15, 0.2) is 24.3 Å². The van der Waals surface area contributed by atoms with Crippen LogP contribution in [0.3, 0.4) is 0 Å². The third-order valence-electron chi connectivity index (χ3n) is 4.01. The number of carbonyl (C=O) groups excluding carboxylic acids is 3. The van der Waals surface area contributed by atoms with E-state index in [1.54, 1.807) is 29.2 Å². The first-order chi connectivity index (χ1) is 11.0. The number of nitrogens with one attached hydrogen (secondary N) is 1. The number of hydrogen-bond donors (Lipinski definition) is 1. The molecule has 1 N–H and O–H groups in total. The highest BCUT2D eigenvalue weighted by Gasteiger charge is 2.28. The molecule has 2 fully saturated rings. The van der Waals surface area contributed by atoms with Gasteiger partial charge in [0.05, 0.1) is 25.8 Å². The Bertz CT molecular complexity index is 613. The van der Waals surface area contributed by atoms with Gasteiger partial charge in [0.1, 0.15) is 0 Å². The molecule has 1 atom stereocenters. The lowest BCUT2D eigenvalue weighted by molar-refractivity contribution is -0.125. The first kappa shape index (κ1) is 15.5. The van der Waals surface area contributed by atoms with Gasteiger partial charge in [0, 0.05) is 18.7 Å². The van der Waals surface area contributed by atoms with Gasteiger partial charge in [-0.25, -0.2) is 4.79 Å². The molecule has 1 aromatic carbocycles. The number of benzene rings is 1. The minimum atomic E-state index is -0.377. The minimum Gasteiger partial charge on any atom is -0.375 e. The van der Waals surface area contributed by atoms with Crippen molar-refractivity contribution in [2.45, 2.75) is 19.6 Å². The highest BCUT2D eigenvalue weighted by atomic mass is 16.5. The summed E-state index contributed by atoms with van der Waals surface area (Å²) in [7, 11) is 0. The van der Waals surface area contributed by atoms with Gasteiger partial charge >= 0.3 is 6.03 Å². The van der Waals surface area contributed by atoms with Crippen LogP contribution in [0.5, 0.6) is 0 Å². The van der Waals surface area contributed by atoms with Crippen LogP contribution in [-0.2, 0) is 16.1 Å². The molecule has 4 amide bonds. The molecule has 0 bridgehead atoms. The normalized spacial score (nSPS) is 21.5. The lowest BCUT2D eigenvalue weighted by Crippen LogP contribution is -2.44. The number of hydrogen-bond acceptors (Lipinski definition) is 4. The second-order valence-corrected chi connectivity index (χ2v) is 5.77. The third kappa shape index (κ3) is 3.34.